The van der Waals surface area contributed by atoms with Crippen molar-refractivity contribution >= 4 is 32.4 Å². The Morgan fingerprint density at radius 1 is 0.333 bits per heavy atom. The van der Waals surface area contributed by atoms with Crippen LogP contribution >= 0.6 is 0 Å². The molecule has 0 saturated carbocycles. The van der Waals surface area contributed by atoms with Crippen molar-refractivity contribution in [2.24, 2.45) is 0 Å². The summed E-state index contributed by atoms with van der Waals surface area (Å²) in [6.07, 6.45) is 3.81. The van der Waals surface area contributed by atoms with Gasteiger partial charge >= 0.3 is 0 Å². The van der Waals surface area contributed by atoms with E-state index in [9.17, 15) is 0 Å². The fourth-order valence-corrected chi connectivity index (χ4v) is 9.68. The summed E-state index contributed by atoms with van der Waals surface area (Å²) < 4.78 is 0. The van der Waals surface area contributed by atoms with Crippen molar-refractivity contribution in [1.29, 1.82) is 0 Å². The molecule has 12 rings (SSSR count). The van der Waals surface area contributed by atoms with E-state index in [0.29, 0.717) is 17.5 Å². The molecule has 0 N–H and O–H groups in total. The third kappa shape index (κ3) is 6.12. The topological polar surface area (TPSA) is 64.5 Å². The van der Waals surface area contributed by atoms with Gasteiger partial charge in [-0.15, -0.1) is 0 Å². The van der Waals surface area contributed by atoms with Gasteiger partial charge in [0.2, 0.25) is 0 Å². The molecule has 3 aromatic heterocycles. The highest BCUT2D eigenvalue weighted by atomic mass is 15.0. The zero-order valence-electron chi connectivity index (χ0n) is 34.8. The van der Waals surface area contributed by atoms with Crippen LogP contribution in [0.1, 0.15) is 25.0 Å². The fraction of sp³-hybridized carbons (Fsp3) is 0.0517. The minimum atomic E-state index is -0.0913. The van der Waals surface area contributed by atoms with Crippen LogP contribution in [-0.2, 0) is 5.41 Å². The van der Waals surface area contributed by atoms with Gasteiger partial charge in [-0.05, 0) is 97.1 Å². The monoisotopic (exact) mass is 805 g/mol. The molecular weight excluding hydrogens is 767 g/mol. The van der Waals surface area contributed by atoms with Gasteiger partial charge in [0.1, 0.15) is 0 Å². The molecule has 0 radical (unpaired) electrons. The van der Waals surface area contributed by atoms with E-state index in [1.165, 1.54) is 22.3 Å². The molecule has 1 aliphatic carbocycles. The van der Waals surface area contributed by atoms with E-state index in [1.807, 2.05) is 48.8 Å². The molecule has 0 bridgehead atoms. The highest BCUT2D eigenvalue weighted by Crippen LogP contribution is 2.50. The van der Waals surface area contributed by atoms with Crippen LogP contribution in [0.25, 0.3) is 111 Å². The molecule has 63 heavy (non-hydrogen) atoms. The van der Waals surface area contributed by atoms with Crippen molar-refractivity contribution < 1.29 is 0 Å². The summed E-state index contributed by atoms with van der Waals surface area (Å²) in [6, 6.07) is 66.5. The Morgan fingerprint density at radius 2 is 0.905 bits per heavy atom. The van der Waals surface area contributed by atoms with Crippen molar-refractivity contribution in [3.05, 3.63) is 212 Å². The van der Waals surface area contributed by atoms with Crippen LogP contribution in [-0.4, -0.2) is 24.9 Å². The van der Waals surface area contributed by atoms with Gasteiger partial charge in [0, 0.05) is 50.8 Å². The highest BCUT2D eigenvalue weighted by molar-refractivity contribution is 6.14. The average Bonchev–Trinajstić information content (AvgIpc) is 3.58. The minimum absolute atomic E-state index is 0.0913. The molecule has 5 heteroatoms. The van der Waals surface area contributed by atoms with E-state index in [1.54, 1.807) is 0 Å². The molecule has 5 nitrogen and oxygen atoms in total. The van der Waals surface area contributed by atoms with Crippen LogP contribution in [0.2, 0.25) is 0 Å². The largest absolute Gasteiger partial charge is 0.264 e. The molecule has 3 heterocycles. The maximum atomic E-state index is 5.29. The number of para-hydroxylation sites is 1. The predicted molar refractivity (Wildman–Crippen MR) is 258 cm³/mol. The Hall–Kier alpha value is -8.15. The zero-order valence-corrected chi connectivity index (χ0v) is 34.8. The van der Waals surface area contributed by atoms with Crippen molar-refractivity contribution in [3.63, 3.8) is 0 Å². The number of benzene rings is 8. The Balaban J connectivity index is 1.10. The zero-order chi connectivity index (χ0) is 42.1. The molecule has 0 aliphatic heterocycles. The van der Waals surface area contributed by atoms with Crippen LogP contribution < -0.4 is 0 Å². The second-order valence-corrected chi connectivity index (χ2v) is 16.9. The third-order valence-electron chi connectivity index (χ3n) is 12.8. The second kappa shape index (κ2) is 14.5. The molecule has 296 valence electrons. The first-order valence-corrected chi connectivity index (χ1v) is 21.4. The molecule has 0 saturated heterocycles. The Labute approximate surface area is 365 Å². The van der Waals surface area contributed by atoms with Gasteiger partial charge in [-0.25, -0.2) is 19.9 Å². The second-order valence-electron chi connectivity index (χ2n) is 16.9. The number of pyridine rings is 2. The Bertz CT molecular complexity index is 3540. The summed E-state index contributed by atoms with van der Waals surface area (Å²) in [5, 5.41) is 5.52. The van der Waals surface area contributed by atoms with E-state index in [-0.39, 0.29) is 5.41 Å². The molecule has 0 spiro atoms. The molecule has 0 amide bonds. The van der Waals surface area contributed by atoms with Crippen molar-refractivity contribution in [1.82, 2.24) is 24.9 Å². The molecule has 11 aromatic rings. The van der Waals surface area contributed by atoms with Gasteiger partial charge in [-0.1, -0.05) is 166 Å². The van der Waals surface area contributed by atoms with E-state index in [2.05, 4.69) is 170 Å². The summed E-state index contributed by atoms with van der Waals surface area (Å²) in [6.45, 7) is 4.65. The summed E-state index contributed by atoms with van der Waals surface area (Å²) in [5.74, 6) is 1.86. The third-order valence-corrected chi connectivity index (χ3v) is 12.8. The van der Waals surface area contributed by atoms with Gasteiger partial charge in [-0.2, -0.15) is 0 Å². The van der Waals surface area contributed by atoms with E-state index in [4.69, 9.17) is 19.9 Å². The Kier molecular flexibility index (Phi) is 8.44. The number of hydrogen-bond donors (Lipinski definition) is 0. The van der Waals surface area contributed by atoms with Crippen molar-refractivity contribution in [2.45, 2.75) is 19.3 Å². The summed E-state index contributed by atoms with van der Waals surface area (Å²) in [7, 11) is 0. The lowest BCUT2D eigenvalue weighted by atomic mass is 9.82. The maximum absolute atomic E-state index is 5.29. The van der Waals surface area contributed by atoms with Gasteiger partial charge in [0.15, 0.2) is 17.5 Å². The lowest BCUT2D eigenvalue weighted by Crippen LogP contribution is -2.14. The number of rotatable bonds is 6. The van der Waals surface area contributed by atoms with Crippen molar-refractivity contribution in [2.75, 3.05) is 0 Å². The van der Waals surface area contributed by atoms with Crippen LogP contribution in [0, 0.1) is 0 Å². The van der Waals surface area contributed by atoms with Gasteiger partial charge < -0.3 is 0 Å². The minimum Gasteiger partial charge on any atom is -0.264 e. The lowest BCUT2D eigenvalue weighted by Gasteiger charge is -2.21. The molecule has 1 aliphatic rings. The van der Waals surface area contributed by atoms with Crippen molar-refractivity contribution in [3.8, 4) is 78.8 Å². The SMILES string of the molecule is CC1(C)c2ccccc2-c2cc(-c3cc(-c4nc(-c5ccccc5)nc(-c5ccccc5)n4)cc(-c4ccc(-c5nc6ccccc6c6ccncc56)c5ccccc45)c3)ccc21. The maximum Gasteiger partial charge on any atom is 0.164 e. The normalized spacial score (nSPS) is 12.7. The van der Waals surface area contributed by atoms with E-state index >= 15 is 0 Å². The molecule has 0 fully saturated rings. The predicted octanol–water partition coefficient (Wildman–Crippen LogP) is 14.4. The number of fused-ring (bicyclic) bond motifs is 7. The summed E-state index contributed by atoms with van der Waals surface area (Å²) in [4.78, 5) is 25.3. The smallest absolute Gasteiger partial charge is 0.164 e. The fourth-order valence-electron chi connectivity index (χ4n) is 9.68. The van der Waals surface area contributed by atoms with Gasteiger partial charge in [0.25, 0.3) is 0 Å². The first-order valence-electron chi connectivity index (χ1n) is 21.4. The number of aromatic nitrogens is 5. The first kappa shape index (κ1) is 36.7. The van der Waals surface area contributed by atoms with Crippen LogP contribution in [0.3, 0.4) is 0 Å². The highest BCUT2D eigenvalue weighted by Gasteiger charge is 2.35. The lowest BCUT2D eigenvalue weighted by molar-refractivity contribution is 0.660. The van der Waals surface area contributed by atoms with Crippen LogP contribution in [0.15, 0.2) is 200 Å². The van der Waals surface area contributed by atoms with E-state index < -0.39 is 0 Å². The first-order chi connectivity index (χ1) is 31.0. The average molecular weight is 806 g/mol. The molecular formula is C58H39N5. The molecule has 0 unspecified atom stereocenters. The molecule has 0 atom stereocenters. The number of nitrogens with zero attached hydrogens (tertiary/aromatic N) is 5. The van der Waals surface area contributed by atoms with Gasteiger partial charge in [0.05, 0.1) is 11.2 Å². The van der Waals surface area contributed by atoms with Crippen LogP contribution in [0.4, 0.5) is 0 Å². The Morgan fingerprint density at radius 3 is 1.65 bits per heavy atom. The van der Waals surface area contributed by atoms with E-state index in [0.717, 1.165) is 82.6 Å². The molecule has 8 aromatic carbocycles. The van der Waals surface area contributed by atoms with Gasteiger partial charge in [-0.3, -0.25) is 4.98 Å². The number of hydrogen-bond acceptors (Lipinski definition) is 5. The summed E-state index contributed by atoms with van der Waals surface area (Å²) >= 11 is 0. The standard InChI is InChI=1S/C58H39N5/c1-58(2)51-23-13-11-21-46(51)49-34-38(25-28-52(49)58)39-31-40(33-41(32-39)57-62-55(36-15-5-3-6-16-36)61-56(63-57)37-17-7-4-8-18-37)42-26-27-48(44-20-10-9-19-43(42)44)54-50-35-59-30-29-45(50)47-22-12-14-24-53(47)60-54/h3-35H,1-2H3. The van der Waals surface area contributed by atoms with Crippen LogP contribution in [0.5, 0.6) is 0 Å². The quantitative estimate of drug-likeness (QED) is 0.157. The summed E-state index contributed by atoms with van der Waals surface area (Å²) in [5.41, 5.74) is 15.3.